The van der Waals surface area contributed by atoms with Crippen molar-refractivity contribution in [2.75, 3.05) is 14.2 Å². The molecule has 4 aliphatic heterocycles. The summed E-state index contributed by atoms with van der Waals surface area (Å²) in [7, 11) is 2.19. The molecule has 0 aromatic heterocycles. The molecule has 2 saturated heterocycles. The molecule has 6 rings (SSSR count). The third kappa shape index (κ3) is 4.37. The van der Waals surface area contributed by atoms with Crippen molar-refractivity contribution in [2.24, 2.45) is 11.8 Å². The zero-order valence-corrected chi connectivity index (χ0v) is 25.2. The Balaban J connectivity index is 1.47. The zero-order chi connectivity index (χ0) is 33.3. The number of cyclic esters (lactones) is 2. The summed E-state index contributed by atoms with van der Waals surface area (Å²) in [6.45, 7) is 3.26. The first-order valence-corrected chi connectivity index (χ1v) is 14.5. The summed E-state index contributed by atoms with van der Waals surface area (Å²) >= 11 is 0. The fourth-order valence-electron chi connectivity index (χ4n) is 6.81. The van der Waals surface area contributed by atoms with Crippen molar-refractivity contribution in [1.29, 1.82) is 0 Å². The number of ether oxygens (including phenoxy) is 6. The summed E-state index contributed by atoms with van der Waals surface area (Å²) in [6, 6.07) is 5.13. The minimum absolute atomic E-state index is 0.00237. The van der Waals surface area contributed by atoms with Crippen LogP contribution in [0.5, 0.6) is 23.0 Å². The smallest absolute Gasteiger partial charge is 0.354 e. The van der Waals surface area contributed by atoms with Gasteiger partial charge in [0.25, 0.3) is 0 Å². The predicted octanol–water partition coefficient (Wildman–Crippen LogP) is 2.42. The van der Waals surface area contributed by atoms with E-state index in [9.17, 15) is 39.0 Å². The van der Waals surface area contributed by atoms with Gasteiger partial charge in [-0.25, -0.2) is 9.59 Å². The van der Waals surface area contributed by atoms with Gasteiger partial charge in [0.15, 0.2) is 23.8 Å². The molecule has 2 fully saturated rings. The van der Waals surface area contributed by atoms with E-state index in [2.05, 4.69) is 0 Å². The molecule has 14 nitrogen and oxygen atoms in total. The van der Waals surface area contributed by atoms with Gasteiger partial charge in [-0.2, -0.15) is 0 Å². The van der Waals surface area contributed by atoms with Gasteiger partial charge in [0, 0.05) is 23.5 Å². The van der Waals surface area contributed by atoms with Crippen molar-refractivity contribution in [3.8, 4) is 34.1 Å². The summed E-state index contributed by atoms with van der Waals surface area (Å²) in [5, 5.41) is 22.2. The Morgan fingerprint density at radius 3 is 2.07 bits per heavy atom. The molecule has 6 atom stereocenters. The minimum atomic E-state index is -2.12. The Bertz CT molecular complexity index is 1730. The molecule has 0 saturated carbocycles. The normalized spacial score (nSPS) is 29.9. The van der Waals surface area contributed by atoms with E-state index in [0.717, 1.165) is 14.2 Å². The highest BCUT2D eigenvalue weighted by atomic mass is 16.6. The Morgan fingerprint density at radius 1 is 0.826 bits per heavy atom. The van der Waals surface area contributed by atoms with Gasteiger partial charge < -0.3 is 38.6 Å². The van der Waals surface area contributed by atoms with Crippen molar-refractivity contribution in [2.45, 2.75) is 62.9 Å². The van der Waals surface area contributed by atoms with Crippen LogP contribution in [-0.2, 0) is 38.1 Å². The van der Waals surface area contributed by atoms with E-state index in [1.807, 2.05) is 0 Å². The van der Waals surface area contributed by atoms with Crippen LogP contribution in [0.1, 0.15) is 60.2 Å². The average Bonchev–Trinajstić information content (AvgIpc) is 3.55. The van der Waals surface area contributed by atoms with Crippen molar-refractivity contribution >= 4 is 35.4 Å². The molecular formula is C32H30O14. The van der Waals surface area contributed by atoms with E-state index in [-0.39, 0.29) is 46.6 Å². The molecule has 46 heavy (non-hydrogen) atoms. The number of methoxy groups -OCH3 is 2. The predicted molar refractivity (Wildman–Crippen MR) is 151 cm³/mol. The lowest BCUT2D eigenvalue weighted by Crippen LogP contribution is -2.59. The summed E-state index contributed by atoms with van der Waals surface area (Å²) < 4.78 is 33.0. The molecule has 0 bridgehead atoms. The Labute approximate surface area is 261 Å². The summed E-state index contributed by atoms with van der Waals surface area (Å²) in [5.41, 5.74) is -4.78. The molecule has 2 aromatic rings. The third-order valence-corrected chi connectivity index (χ3v) is 9.08. The zero-order valence-electron chi connectivity index (χ0n) is 25.2. The first-order chi connectivity index (χ1) is 21.8. The number of carbonyl (C=O) groups is 6. The molecule has 4 heterocycles. The molecule has 0 amide bonds. The van der Waals surface area contributed by atoms with Crippen LogP contribution in [0.4, 0.5) is 0 Å². The molecule has 2 aromatic carbocycles. The molecular weight excluding hydrogens is 608 g/mol. The van der Waals surface area contributed by atoms with Gasteiger partial charge in [-0.3, -0.25) is 19.2 Å². The van der Waals surface area contributed by atoms with E-state index in [1.54, 1.807) is 13.8 Å². The number of aromatic hydroxyl groups is 2. The lowest BCUT2D eigenvalue weighted by Gasteiger charge is -2.40. The van der Waals surface area contributed by atoms with Crippen LogP contribution in [0.25, 0.3) is 11.1 Å². The number of esters is 4. The third-order valence-electron chi connectivity index (χ3n) is 9.08. The van der Waals surface area contributed by atoms with Crippen molar-refractivity contribution in [3.05, 3.63) is 35.4 Å². The number of benzene rings is 2. The highest BCUT2D eigenvalue weighted by Crippen LogP contribution is 2.52. The Kier molecular flexibility index (Phi) is 7.21. The number of rotatable bonds is 5. The van der Waals surface area contributed by atoms with Gasteiger partial charge in [0.1, 0.15) is 34.1 Å². The summed E-state index contributed by atoms with van der Waals surface area (Å²) in [4.78, 5) is 77.9. The second kappa shape index (κ2) is 10.7. The van der Waals surface area contributed by atoms with Gasteiger partial charge in [-0.15, -0.1) is 0 Å². The minimum Gasteiger partial charge on any atom is -0.507 e. The van der Waals surface area contributed by atoms with Crippen LogP contribution < -0.4 is 9.47 Å². The van der Waals surface area contributed by atoms with Crippen molar-refractivity contribution in [1.82, 2.24) is 0 Å². The number of carbonyl (C=O) groups excluding carboxylic acids is 6. The van der Waals surface area contributed by atoms with Crippen LogP contribution in [-0.4, -0.2) is 83.3 Å². The van der Waals surface area contributed by atoms with E-state index < -0.39 is 95.0 Å². The number of phenolic OH excluding ortho intramolecular Hbond substituents is 2. The maximum absolute atomic E-state index is 13.7. The van der Waals surface area contributed by atoms with Crippen LogP contribution in [0, 0.1) is 11.8 Å². The first-order valence-electron chi connectivity index (χ1n) is 14.5. The van der Waals surface area contributed by atoms with Crippen molar-refractivity contribution in [3.63, 3.8) is 0 Å². The summed E-state index contributed by atoms with van der Waals surface area (Å²) in [6.07, 6.45) is -3.56. The molecule has 0 aliphatic carbocycles. The fourth-order valence-corrected chi connectivity index (χ4v) is 6.81. The number of hydrogen-bond donors (Lipinski definition) is 2. The number of phenols is 2. The van der Waals surface area contributed by atoms with Crippen molar-refractivity contribution < 1.29 is 67.4 Å². The first kappa shape index (κ1) is 30.9. The molecule has 0 radical (unpaired) electrons. The van der Waals surface area contributed by atoms with Gasteiger partial charge in [0.05, 0.1) is 39.4 Å². The molecule has 14 heteroatoms. The topological polar surface area (TPSA) is 198 Å². The second-order valence-electron chi connectivity index (χ2n) is 12.0. The lowest BCUT2D eigenvalue weighted by atomic mass is 9.79. The maximum Gasteiger partial charge on any atom is 0.354 e. The van der Waals surface area contributed by atoms with Gasteiger partial charge in [0.2, 0.25) is 11.2 Å². The second-order valence-corrected chi connectivity index (χ2v) is 12.0. The quantitative estimate of drug-likeness (QED) is 0.357. The standard InChI is InChI=1S/C32H30O14/c1-13-10-22(36)44-27(13)32(30(40)42-4)12-18(34)23-17(33)7-5-16(26(23)46-32)15-6-8-20-24(25(15)37)19(35)11-31(45-20,29(39)41-3)21-9-14(2)28(38)43-21/h5-8,13-14,21,27,33,37H,9-12H2,1-4H3. The SMILES string of the molecule is COC(=O)C1(C2CC(C)C(=O)O2)CC(=O)c2c(ccc(-c3ccc(O)c4c3OC(C(=O)OC)(C3OC(=O)CC3C)CC4=O)c2O)O1. The van der Waals surface area contributed by atoms with Gasteiger partial charge in [-0.1, -0.05) is 13.8 Å². The number of fused-ring (bicyclic) bond motifs is 2. The molecule has 0 spiro atoms. The number of hydrogen-bond acceptors (Lipinski definition) is 14. The fraction of sp³-hybridized carbons (Fsp3) is 0.438. The molecule has 2 N–H and O–H groups in total. The molecule has 4 aliphatic rings. The van der Waals surface area contributed by atoms with Gasteiger partial charge in [-0.05, 0) is 24.3 Å². The lowest BCUT2D eigenvalue weighted by molar-refractivity contribution is -0.178. The number of ketones is 2. The van der Waals surface area contributed by atoms with E-state index in [4.69, 9.17) is 28.4 Å². The largest absolute Gasteiger partial charge is 0.507 e. The van der Waals surface area contributed by atoms with E-state index in [0.29, 0.717) is 0 Å². The molecule has 6 unspecified atom stereocenters. The Hall–Kier alpha value is -5.14. The summed E-state index contributed by atoms with van der Waals surface area (Å²) in [5.74, 6) is -7.26. The monoisotopic (exact) mass is 638 g/mol. The van der Waals surface area contributed by atoms with Gasteiger partial charge >= 0.3 is 23.9 Å². The number of Topliss-reactive ketones (excluding diaryl/α,β-unsaturated/α-hetero) is 2. The maximum atomic E-state index is 13.7. The van der Waals surface area contributed by atoms with Crippen LogP contribution in [0.2, 0.25) is 0 Å². The highest BCUT2D eigenvalue weighted by Gasteiger charge is 2.61. The van der Waals surface area contributed by atoms with Crippen LogP contribution in [0.3, 0.4) is 0 Å². The van der Waals surface area contributed by atoms with E-state index in [1.165, 1.54) is 24.3 Å². The molecule has 242 valence electrons. The van der Waals surface area contributed by atoms with Crippen LogP contribution >= 0.6 is 0 Å². The Morgan fingerprint density at radius 2 is 1.46 bits per heavy atom. The van der Waals surface area contributed by atoms with E-state index >= 15 is 0 Å². The van der Waals surface area contributed by atoms with Crippen LogP contribution in [0.15, 0.2) is 24.3 Å². The average molecular weight is 639 g/mol. The highest BCUT2D eigenvalue weighted by molar-refractivity contribution is 6.10.